The molecule has 0 bridgehead atoms. The van der Waals surface area contributed by atoms with E-state index in [9.17, 15) is 9.59 Å². The van der Waals surface area contributed by atoms with E-state index in [0.717, 1.165) is 15.6 Å². The molecule has 0 aromatic heterocycles. The van der Waals surface area contributed by atoms with Gasteiger partial charge in [0, 0.05) is 4.47 Å². The lowest BCUT2D eigenvalue weighted by atomic mass is 9.98. The molecular formula is C19H18BrNO3. The van der Waals surface area contributed by atoms with Crippen LogP contribution in [0.3, 0.4) is 0 Å². The number of carbonyl (C=O) groups excluding carboxylic acids is 2. The fourth-order valence-corrected chi connectivity index (χ4v) is 3.13. The predicted octanol–water partition coefficient (Wildman–Crippen LogP) is 4.14. The zero-order valence-corrected chi connectivity index (χ0v) is 14.9. The molecule has 24 heavy (non-hydrogen) atoms. The predicted molar refractivity (Wildman–Crippen MR) is 94.7 cm³/mol. The van der Waals surface area contributed by atoms with Crippen LogP contribution in [0.2, 0.25) is 0 Å². The van der Waals surface area contributed by atoms with E-state index in [2.05, 4.69) is 15.9 Å². The molecule has 0 aliphatic carbocycles. The smallest absolute Gasteiger partial charge is 0.417 e. The number of ether oxygens (including phenoxy) is 1. The average molecular weight is 388 g/mol. The number of hydrogen-bond donors (Lipinski definition) is 0. The lowest BCUT2D eigenvalue weighted by Crippen LogP contribution is -2.42. The molecular weight excluding hydrogens is 370 g/mol. The zero-order valence-electron chi connectivity index (χ0n) is 13.3. The molecule has 4 nitrogen and oxygen atoms in total. The fourth-order valence-electron chi connectivity index (χ4n) is 2.87. The van der Waals surface area contributed by atoms with Gasteiger partial charge in [0.25, 0.3) is 0 Å². The number of benzene rings is 2. The molecule has 3 rings (SSSR count). The van der Waals surface area contributed by atoms with Crippen molar-refractivity contribution in [1.82, 2.24) is 4.90 Å². The maximum absolute atomic E-state index is 12.9. The van der Waals surface area contributed by atoms with Crippen molar-refractivity contribution in [2.24, 2.45) is 0 Å². The third kappa shape index (κ3) is 3.51. The summed E-state index contributed by atoms with van der Waals surface area (Å²) in [5.74, 6) is -0.622. The Balaban J connectivity index is 1.78. The van der Waals surface area contributed by atoms with Crippen LogP contribution in [-0.4, -0.2) is 29.5 Å². The second-order valence-corrected chi connectivity index (χ2v) is 6.82. The number of amides is 2. The number of cyclic esters (lactones) is 1. The topological polar surface area (TPSA) is 46.6 Å². The molecule has 2 aromatic carbocycles. The van der Waals surface area contributed by atoms with E-state index in [-0.39, 0.29) is 18.6 Å². The van der Waals surface area contributed by atoms with Crippen molar-refractivity contribution in [2.75, 3.05) is 6.61 Å². The van der Waals surface area contributed by atoms with Gasteiger partial charge in [0.05, 0.1) is 12.0 Å². The van der Waals surface area contributed by atoms with E-state index in [1.54, 1.807) is 0 Å². The van der Waals surface area contributed by atoms with Crippen LogP contribution in [0.1, 0.15) is 24.0 Å². The Hall–Kier alpha value is -2.14. The van der Waals surface area contributed by atoms with E-state index in [1.807, 2.05) is 61.5 Å². The van der Waals surface area contributed by atoms with Gasteiger partial charge in [-0.05, 0) is 36.6 Å². The minimum Gasteiger partial charge on any atom is -0.447 e. The Kier molecular flexibility index (Phi) is 5.00. The van der Waals surface area contributed by atoms with Gasteiger partial charge in [-0.1, -0.05) is 58.4 Å². The molecule has 1 aliphatic rings. The highest BCUT2D eigenvalue weighted by Gasteiger charge is 2.39. The first-order valence-electron chi connectivity index (χ1n) is 7.85. The summed E-state index contributed by atoms with van der Waals surface area (Å²) in [5.41, 5.74) is 1.95. The van der Waals surface area contributed by atoms with Crippen molar-refractivity contribution in [3.05, 3.63) is 70.2 Å². The molecule has 0 N–H and O–H groups in total. The molecule has 1 heterocycles. The van der Waals surface area contributed by atoms with Gasteiger partial charge in [0.1, 0.15) is 6.61 Å². The van der Waals surface area contributed by atoms with Crippen LogP contribution >= 0.6 is 15.9 Å². The molecule has 2 amide bonds. The second-order valence-electron chi connectivity index (χ2n) is 5.90. The molecule has 1 saturated heterocycles. The van der Waals surface area contributed by atoms with Crippen molar-refractivity contribution in [1.29, 1.82) is 0 Å². The van der Waals surface area contributed by atoms with E-state index < -0.39 is 12.0 Å². The van der Waals surface area contributed by atoms with Gasteiger partial charge in [-0.2, -0.15) is 0 Å². The number of rotatable bonds is 4. The van der Waals surface area contributed by atoms with Crippen molar-refractivity contribution in [2.45, 2.75) is 25.3 Å². The highest BCUT2D eigenvalue weighted by atomic mass is 79.9. The van der Waals surface area contributed by atoms with Crippen LogP contribution in [0.15, 0.2) is 59.1 Å². The van der Waals surface area contributed by atoms with Crippen LogP contribution in [0.4, 0.5) is 4.79 Å². The van der Waals surface area contributed by atoms with Gasteiger partial charge in [0.15, 0.2) is 0 Å². The van der Waals surface area contributed by atoms with E-state index in [1.165, 1.54) is 4.90 Å². The largest absolute Gasteiger partial charge is 0.447 e. The maximum Gasteiger partial charge on any atom is 0.417 e. The summed E-state index contributed by atoms with van der Waals surface area (Å²) >= 11 is 3.38. The summed E-state index contributed by atoms with van der Waals surface area (Å²) in [7, 11) is 0. The highest BCUT2D eigenvalue weighted by molar-refractivity contribution is 9.10. The van der Waals surface area contributed by atoms with Crippen LogP contribution < -0.4 is 0 Å². The van der Waals surface area contributed by atoms with Crippen LogP contribution in [0, 0.1) is 0 Å². The molecule has 2 aromatic rings. The molecule has 1 unspecified atom stereocenters. The van der Waals surface area contributed by atoms with Crippen molar-refractivity contribution < 1.29 is 14.3 Å². The Morgan fingerprint density at radius 1 is 1.21 bits per heavy atom. The maximum atomic E-state index is 12.9. The first kappa shape index (κ1) is 16.7. The average Bonchev–Trinajstić information content (AvgIpc) is 2.95. The molecule has 1 aliphatic heterocycles. The number of nitrogens with zero attached hydrogens (tertiary/aromatic N) is 1. The lowest BCUT2D eigenvalue weighted by Gasteiger charge is -2.23. The molecule has 1 fully saturated rings. The molecule has 2 atom stereocenters. The summed E-state index contributed by atoms with van der Waals surface area (Å²) in [6.07, 6.45) is 0.0515. The van der Waals surface area contributed by atoms with Gasteiger partial charge in [-0.3, -0.25) is 4.79 Å². The standard InChI is InChI=1S/C19H18BrNO3/c1-13(15-7-9-16(20)10-8-15)18(22)21-17(12-24-19(21)23)11-14-5-3-2-4-6-14/h2-10,13,17H,11-12H2,1H3/t13?,17-/m0/s1. The Morgan fingerprint density at radius 2 is 1.88 bits per heavy atom. The number of imide groups is 1. The molecule has 0 radical (unpaired) electrons. The van der Waals surface area contributed by atoms with Gasteiger partial charge in [-0.15, -0.1) is 0 Å². The second kappa shape index (κ2) is 7.18. The van der Waals surface area contributed by atoms with Crippen molar-refractivity contribution in [3.63, 3.8) is 0 Å². The number of hydrogen-bond acceptors (Lipinski definition) is 3. The van der Waals surface area contributed by atoms with Crippen LogP contribution in [0.5, 0.6) is 0 Å². The first-order valence-corrected chi connectivity index (χ1v) is 8.65. The van der Waals surface area contributed by atoms with E-state index >= 15 is 0 Å². The Morgan fingerprint density at radius 3 is 2.54 bits per heavy atom. The van der Waals surface area contributed by atoms with Gasteiger partial charge in [-0.25, -0.2) is 9.69 Å². The van der Waals surface area contributed by atoms with Crippen LogP contribution in [0.25, 0.3) is 0 Å². The molecule has 0 saturated carbocycles. The monoisotopic (exact) mass is 387 g/mol. The first-order chi connectivity index (χ1) is 11.6. The van der Waals surface area contributed by atoms with Crippen molar-refractivity contribution >= 4 is 27.9 Å². The Bertz CT molecular complexity index is 730. The van der Waals surface area contributed by atoms with E-state index in [0.29, 0.717) is 6.42 Å². The third-order valence-electron chi connectivity index (χ3n) is 4.25. The summed E-state index contributed by atoms with van der Waals surface area (Å²) in [6, 6.07) is 17.1. The summed E-state index contributed by atoms with van der Waals surface area (Å²) in [6.45, 7) is 2.06. The quantitative estimate of drug-likeness (QED) is 0.791. The lowest BCUT2D eigenvalue weighted by molar-refractivity contribution is -0.130. The Labute approximate surface area is 149 Å². The minimum absolute atomic E-state index is 0.222. The highest BCUT2D eigenvalue weighted by Crippen LogP contribution is 2.25. The van der Waals surface area contributed by atoms with Gasteiger partial charge >= 0.3 is 6.09 Å². The van der Waals surface area contributed by atoms with E-state index in [4.69, 9.17) is 4.74 Å². The summed E-state index contributed by atoms with van der Waals surface area (Å²) < 4.78 is 6.09. The van der Waals surface area contributed by atoms with Gasteiger partial charge in [0.2, 0.25) is 5.91 Å². The number of carbonyl (C=O) groups is 2. The fraction of sp³-hybridized carbons (Fsp3) is 0.263. The van der Waals surface area contributed by atoms with Crippen LogP contribution in [-0.2, 0) is 16.0 Å². The normalized spacial score (nSPS) is 18.3. The van der Waals surface area contributed by atoms with Gasteiger partial charge < -0.3 is 4.74 Å². The summed E-state index contributed by atoms with van der Waals surface area (Å²) in [5, 5.41) is 0. The minimum atomic E-state index is -0.551. The molecule has 5 heteroatoms. The molecule has 0 spiro atoms. The molecule has 124 valence electrons. The third-order valence-corrected chi connectivity index (χ3v) is 4.78. The zero-order chi connectivity index (χ0) is 17.1. The summed E-state index contributed by atoms with van der Waals surface area (Å²) in [4.78, 5) is 26.2. The number of halogens is 1. The van der Waals surface area contributed by atoms with Crippen molar-refractivity contribution in [3.8, 4) is 0 Å². The SMILES string of the molecule is CC(C(=O)N1C(=O)OC[C@@H]1Cc1ccccc1)c1ccc(Br)cc1.